The fourth-order valence-corrected chi connectivity index (χ4v) is 2.47. The number of carbonyl (C=O) groups is 1. The molecule has 9 heteroatoms. The number of hydrogen-bond acceptors (Lipinski definition) is 7. The van der Waals surface area contributed by atoms with Crippen LogP contribution in [0.1, 0.15) is 12.8 Å². The summed E-state index contributed by atoms with van der Waals surface area (Å²) in [6.07, 6.45) is 7.64. The van der Waals surface area contributed by atoms with E-state index in [0.717, 1.165) is 19.4 Å². The van der Waals surface area contributed by atoms with Crippen molar-refractivity contribution in [3.8, 4) is 11.8 Å². The van der Waals surface area contributed by atoms with E-state index in [9.17, 15) is 4.79 Å². The van der Waals surface area contributed by atoms with Crippen LogP contribution >= 0.6 is 0 Å². The van der Waals surface area contributed by atoms with Crippen LogP contribution in [0.25, 0.3) is 0 Å². The van der Waals surface area contributed by atoms with Gasteiger partial charge in [0.15, 0.2) is 0 Å². The fraction of sp³-hybridized carbons (Fsp3) is 0.500. The zero-order valence-electron chi connectivity index (χ0n) is 12.8. The molecule has 0 N–H and O–H groups in total. The second kappa shape index (κ2) is 7.03. The Bertz CT molecular complexity index is 648. The van der Waals surface area contributed by atoms with E-state index in [1.165, 1.54) is 30.6 Å². The molecule has 23 heavy (non-hydrogen) atoms. The van der Waals surface area contributed by atoms with Crippen molar-refractivity contribution >= 4 is 5.91 Å². The highest BCUT2D eigenvalue weighted by molar-refractivity contribution is 5.76. The zero-order chi connectivity index (χ0) is 16.1. The minimum absolute atomic E-state index is 0.000487. The number of nitrogens with zero attached hydrogens (tertiary/aromatic N) is 6. The lowest BCUT2D eigenvalue weighted by atomic mass is 10.1. The van der Waals surface area contributed by atoms with Crippen LogP contribution in [-0.4, -0.2) is 61.8 Å². The van der Waals surface area contributed by atoms with Crippen LogP contribution in [0.5, 0.6) is 11.8 Å². The minimum atomic E-state index is -0.107. The van der Waals surface area contributed by atoms with Gasteiger partial charge in [0.1, 0.15) is 25.3 Å². The molecule has 0 spiro atoms. The molecular formula is C14H18N6O3. The summed E-state index contributed by atoms with van der Waals surface area (Å²) in [6, 6.07) is 0. The molecule has 0 bridgehead atoms. The summed E-state index contributed by atoms with van der Waals surface area (Å²) in [4.78, 5) is 26.1. The van der Waals surface area contributed by atoms with Gasteiger partial charge in [-0.1, -0.05) is 0 Å². The van der Waals surface area contributed by atoms with Crippen molar-refractivity contribution in [2.75, 3.05) is 20.2 Å². The molecule has 2 aromatic rings. The van der Waals surface area contributed by atoms with Gasteiger partial charge in [-0.05, 0) is 12.8 Å². The van der Waals surface area contributed by atoms with Gasteiger partial charge in [0.05, 0.1) is 26.0 Å². The van der Waals surface area contributed by atoms with E-state index in [-0.39, 0.29) is 18.6 Å². The van der Waals surface area contributed by atoms with Gasteiger partial charge in [-0.3, -0.25) is 9.78 Å². The quantitative estimate of drug-likeness (QED) is 0.774. The van der Waals surface area contributed by atoms with Gasteiger partial charge in [0, 0.05) is 6.54 Å². The lowest BCUT2D eigenvalue weighted by Crippen LogP contribution is -2.45. The molecular weight excluding hydrogens is 300 g/mol. The number of carbonyl (C=O) groups excluding carboxylic acids is 1. The summed E-state index contributed by atoms with van der Waals surface area (Å²) in [6.45, 7) is 1.43. The summed E-state index contributed by atoms with van der Waals surface area (Å²) < 4.78 is 12.4. The van der Waals surface area contributed by atoms with E-state index in [1.54, 1.807) is 11.1 Å². The first-order valence-electron chi connectivity index (χ1n) is 7.37. The second-order valence-electron chi connectivity index (χ2n) is 5.21. The third-order valence-electron chi connectivity index (χ3n) is 3.58. The lowest BCUT2D eigenvalue weighted by Gasteiger charge is -2.32. The van der Waals surface area contributed by atoms with Crippen LogP contribution in [0.4, 0.5) is 0 Å². The van der Waals surface area contributed by atoms with Gasteiger partial charge in [0.2, 0.25) is 17.7 Å². The molecule has 0 radical (unpaired) electrons. The molecule has 1 unspecified atom stereocenters. The molecule has 2 aromatic heterocycles. The molecule has 1 atom stereocenters. The maximum Gasteiger partial charge on any atom is 0.244 e. The molecule has 1 amide bonds. The fourth-order valence-electron chi connectivity index (χ4n) is 2.47. The molecule has 3 rings (SSSR count). The molecule has 3 heterocycles. The molecule has 0 aliphatic carbocycles. The highest BCUT2D eigenvalue weighted by Crippen LogP contribution is 2.18. The monoisotopic (exact) mass is 318 g/mol. The van der Waals surface area contributed by atoms with Crippen molar-refractivity contribution < 1.29 is 14.3 Å². The Morgan fingerprint density at radius 2 is 2.22 bits per heavy atom. The molecule has 0 saturated carbocycles. The van der Waals surface area contributed by atoms with Crippen LogP contribution in [0.15, 0.2) is 25.0 Å². The van der Waals surface area contributed by atoms with E-state index in [2.05, 4.69) is 20.1 Å². The molecule has 1 aliphatic heterocycles. The van der Waals surface area contributed by atoms with Crippen molar-refractivity contribution in [1.29, 1.82) is 0 Å². The number of methoxy groups -OCH3 is 1. The number of likely N-dealkylation sites (tertiary alicyclic amines) is 1. The first kappa shape index (κ1) is 15.2. The topological polar surface area (TPSA) is 95.3 Å². The van der Waals surface area contributed by atoms with Gasteiger partial charge < -0.3 is 14.4 Å². The molecule has 1 aliphatic rings. The van der Waals surface area contributed by atoms with Gasteiger partial charge >= 0.3 is 0 Å². The van der Waals surface area contributed by atoms with Crippen LogP contribution < -0.4 is 9.47 Å². The second-order valence-corrected chi connectivity index (χ2v) is 5.21. The molecule has 1 fully saturated rings. The molecule has 1 saturated heterocycles. The Labute approximate surface area is 133 Å². The zero-order valence-corrected chi connectivity index (χ0v) is 12.8. The summed E-state index contributed by atoms with van der Waals surface area (Å²) in [5.74, 6) is 0.804. The van der Waals surface area contributed by atoms with E-state index in [0.29, 0.717) is 18.3 Å². The average Bonchev–Trinajstić information content (AvgIpc) is 3.08. The summed E-state index contributed by atoms with van der Waals surface area (Å²) >= 11 is 0. The van der Waals surface area contributed by atoms with Crippen molar-refractivity contribution in [1.82, 2.24) is 29.6 Å². The highest BCUT2D eigenvalue weighted by Gasteiger charge is 2.25. The van der Waals surface area contributed by atoms with Crippen molar-refractivity contribution in [3.63, 3.8) is 0 Å². The summed E-state index contributed by atoms with van der Waals surface area (Å²) in [7, 11) is 1.53. The minimum Gasteiger partial charge on any atom is -0.480 e. The van der Waals surface area contributed by atoms with Crippen LogP contribution in [0.3, 0.4) is 0 Å². The number of hydrogen-bond donors (Lipinski definition) is 0. The third-order valence-corrected chi connectivity index (χ3v) is 3.58. The maximum absolute atomic E-state index is 12.3. The van der Waals surface area contributed by atoms with Gasteiger partial charge in [0.25, 0.3) is 0 Å². The maximum atomic E-state index is 12.3. The van der Waals surface area contributed by atoms with Crippen molar-refractivity contribution in [2.45, 2.75) is 25.5 Å². The first-order chi connectivity index (χ1) is 11.2. The highest BCUT2D eigenvalue weighted by atomic mass is 16.5. The van der Waals surface area contributed by atoms with Gasteiger partial charge in [-0.2, -0.15) is 10.1 Å². The number of ether oxygens (including phenoxy) is 2. The predicted octanol–water partition coefficient (Wildman–Crippen LogP) is 0.147. The Morgan fingerprint density at radius 1 is 1.35 bits per heavy atom. The summed E-state index contributed by atoms with van der Waals surface area (Å²) in [5.41, 5.74) is 0. The van der Waals surface area contributed by atoms with E-state index < -0.39 is 0 Å². The van der Waals surface area contributed by atoms with E-state index in [1.807, 2.05) is 0 Å². The van der Waals surface area contributed by atoms with E-state index in [4.69, 9.17) is 9.47 Å². The summed E-state index contributed by atoms with van der Waals surface area (Å²) in [5, 5.41) is 3.95. The average molecular weight is 318 g/mol. The van der Waals surface area contributed by atoms with E-state index >= 15 is 0 Å². The largest absolute Gasteiger partial charge is 0.480 e. The van der Waals surface area contributed by atoms with Crippen LogP contribution in [0, 0.1) is 0 Å². The standard InChI is InChI=1S/C14H18N6O3/c1-22-12-5-15-6-13(18-12)23-11-3-2-4-19(7-11)14(21)8-20-10-16-9-17-20/h5-6,9-11H,2-4,7-8H2,1H3. The van der Waals surface area contributed by atoms with Crippen LogP contribution in [0.2, 0.25) is 0 Å². The molecule has 9 nitrogen and oxygen atoms in total. The number of amides is 1. The Balaban J connectivity index is 1.58. The molecule has 0 aromatic carbocycles. The van der Waals surface area contributed by atoms with Crippen molar-refractivity contribution in [2.24, 2.45) is 0 Å². The number of aromatic nitrogens is 5. The Hall–Kier alpha value is -2.71. The lowest BCUT2D eigenvalue weighted by molar-refractivity contribution is -0.134. The first-order valence-corrected chi connectivity index (χ1v) is 7.37. The normalized spacial score (nSPS) is 17.8. The van der Waals surface area contributed by atoms with Gasteiger partial charge in [-0.25, -0.2) is 9.67 Å². The van der Waals surface area contributed by atoms with Gasteiger partial charge in [-0.15, -0.1) is 0 Å². The number of rotatable bonds is 5. The molecule has 122 valence electrons. The Morgan fingerprint density at radius 3 is 3.00 bits per heavy atom. The van der Waals surface area contributed by atoms with Crippen molar-refractivity contribution in [3.05, 3.63) is 25.0 Å². The van der Waals surface area contributed by atoms with Crippen LogP contribution in [-0.2, 0) is 11.3 Å². The Kier molecular flexibility index (Phi) is 4.65. The number of piperidine rings is 1. The SMILES string of the molecule is COc1cncc(OC2CCCN(C(=O)Cn3cncn3)C2)n1. The smallest absolute Gasteiger partial charge is 0.244 e. The third kappa shape index (κ3) is 3.93. The predicted molar refractivity (Wildman–Crippen MR) is 78.8 cm³/mol.